The van der Waals surface area contributed by atoms with Crippen LogP contribution in [0, 0.1) is 0 Å². The first-order valence-corrected chi connectivity index (χ1v) is 6.44. The summed E-state index contributed by atoms with van der Waals surface area (Å²) in [5.74, 6) is 0.0930. The van der Waals surface area contributed by atoms with E-state index in [1.165, 1.54) is 0 Å². The van der Waals surface area contributed by atoms with Crippen molar-refractivity contribution in [3.05, 3.63) is 50.6 Å². The van der Waals surface area contributed by atoms with Gasteiger partial charge in [-0.1, -0.05) is 22.0 Å². The second kappa shape index (κ2) is 4.80. The van der Waals surface area contributed by atoms with Crippen LogP contribution in [0.15, 0.2) is 40.2 Å². The zero-order valence-electron chi connectivity index (χ0n) is 8.44. The number of Topliss-reactive ketones (excluding diaryl/α,β-unsaturated/α-hetero) is 1. The van der Waals surface area contributed by atoms with Crippen LogP contribution in [-0.4, -0.2) is 5.78 Å². The van der Waals surface area contributed by atoms with Crippen LogP contribution in [-0.2, 0) is 6.42 Å². The van der Waals surface area contributed by atoms with Gasteiger partial charge in [0.05, 0.1) is 0 Å². The molecule has 1 aromatic carbocycles. The zero-order valence-corrected chi connectivity index (χ0v) is 10.8. The predicted molar refractivity (Wildman–Crippen MR) is 70.9 cm³/mol. The van der Waals surface area contributed by atoms with E-state index < -0.39 is 0 Å². The standard InChI is InChI=1S/C12H10BrNOS/c13-9-4-8(5-10(14)6-9)12(15)7-11-2-1-3-16-11/h1-6H,7,14H2. The summed E-state index contributed by atoms with van der Waals surface area (Å²) in [5, 5.41) is 1.97. The lowest BCUT2D eigenvalue weighted by Gasteiger charge is -2.02. The van der Waals surface area contributed by atoms with E-state index in [-0.39, 0.29) is 5.78 Å². The number of carbonyl (C=O) groups excluding carboxylic acids is 1. The Balaban J connectivity index is 2.21. The Kier molecular flexibility index (Phi) is 3.41. The molecule has 82 valence electrons. The van der Waals surface area contributed by atoms with Gasteiger partial charge in [0.2, 0.25) is 0 Å². The van der Waals surface area contributed by atoms with Crippen molar-refractivity contribution >= 4 is 38.7 Å². The van der Waals surface area contributed by atoms with Gasteiger partial charge in [-0.3, -0.25) is 4.79 Å². The van der Waals surface area contributed by atoms with Crippen molar-refractivity contribution < 1.29 is 4.79 Å². The highest BCUT2D eigenvalue weighted by molar-refractivity contribution is 9.10. The first-order chi connectivity index (χ1) is 7.65. The average Bonchev–Trinajstić information content (AvgIpc) is 2.68. The Morgan fingerprint density at radius 3 is 2.81 bits per heavy atom. The van der Waals surface area contributed by atoms with Gasteiger partial charge in [0.1, 0.15) is 0 Å². The molecule has 2 nitrogen and oxygen atoms in total. The number of hydrogen-bond acceptors (Lipinski definition) is 3. The van der Waals surface area contributed by atoms with Gasteiger partial charge in [0.25, 0.3) is 0 Å². The van der Waals surface area contributed by atoms with E-state index in [9.17, 15) is 4.79 Å². The molecule has 16 heavy (non-hydrogen) atoms. The van der Waals surface area contributed by atoms with Gasteiger partial charge < -0.3 is 5.73 Å². The van der Waals surface area contributed by atoms with Crippen molar-refractivity contribution in [3.63, 3.8) is 0 Å². The van der Waals surface area contributed by atoms with Crippen molar-refractivity contribution in [3.8, 4) is 0 Å². The molecule has 2 N–H and O–H groups in total. The molecule has 0 unspecified atom stereocenters. The first-order valence-electron chi connectivity index (χ1n) is 4.77. The predicted octanol–water partition coefficient (Wildman–Crippen LogP) is 3.52. The van der Waals surface area contributed by atoms with Gasteiger partial charge in [-0.05, 0) is 29.6 Å². The number of nitrogens with two attached hydrogens (primary N) is 1. The fraction of sp³-hybridized carbons (Fsp3) is 0.0833. The summed E-state index contributed by atoms with van der Waals surface area (Å²) in [6.45, 7) is 0. The zero-order chi connectivity index (χ0) is 11.5. The van der Waals surface area contributed by atoms with Gasteiger partial charge in [0, 0.05) is 27.0 Å². The van der Waals surface area contributed by atoms with Crippen LogP contribution < -0.4 is 5.73 Å². The summed E-state index contributed by atoms with van der Waals surface area (Å²) in [4.78, 5) is 13.0. The molecule has 0 saturated carbocycles. The third kappa shape index (κ3) is 2.71. The molecule has 0 amide bonds. The number of anilines is 1. The van der Waals surface area contributed by atoms with Crippen LogP contribution in [0.25, 0.3) is 0 Å². The van der Waals surface area contributed by atoms with Crippen molar-refractivity contribution in [2.24, 2.45) is 0 Å². The number of halogens is 1. The Morgan fingerprint density at radius 1 is 1.38 bits per heavy atom. The number of carbonyl (C=O) groups is 1. The molecule has 1 heterocycles. The molecule has 0 aliphatic carbocycles. The molecular weight excluding hydrogens is 286 g/mol. The van der Waals surface area contributed by atoms with Crippen LogP contribution in [0.1, 0.15) is 15.2 Å². The fourth-order valence-electron chi connectivity index (χ4n) is 1.45. The topological polar surface area (TPSA) is 43.1 Å². The Morgan fingerprint density at radius 2 is 2.19 bits per heavy atom. The lowest BCUT2D eigenvalue weighted by Crippen LogP contribution is -2.03. The molecule has 0 bridgehead atoms. The molecule has 4 heteroatoms. The number of nitrogen functional groups attached to an aromatic ring is 1. The summed E-state index contributed by atoms with van der Waals surface area (Å²) in [7, 11) is 0. The molecule has 0 radical (unpaired) electrons. The second-order valence-electron chi connectivity index (χ2n) is 3.45. The lowest BCUT2D eigenvalue weighted by atomic mass is 10.1. The van der Waals surface area contributed by atoms with Gasteiger partial charge in [-0.25, -0.2) is 0 Å². The molecule has 0 spiro atoms. The molecule has 0 saturated heterocycles. The molecule has 0 aliphatic heterocycles. The van der Waals surface area contributed by atoms with Gasteiger partial charge >= 0.3 is 0 Å². The molecule has 1 aromatic heterocycles. The summed E-state index contributed by atoms with van der Waals surface area (Å²) < 4.78 is 0.835. The van der Waals surface area contributed by atoms with Crippen LogP contribution in [0.3, 0.4) is 0 Å². The van der Waals surface area contributed by atoms with Crippen LogP contribution in [0.4, 0.5) is 5.69 Å². The summed E-state index contributed by atoms with van der Waals surface area (Å²) >= 11 is 4.92. The minimum atomic E-state index is 0.0930. The van der Waals surface area contributed by atoms with Crippen LogP contribution in [0.2, 0.25) is 0 Å². The highest BCUT2D eigenvalue weighted by Gasteiger charge is 2.09. The van der Waals surface area contributed by atoms with Crippen LogP contribution in [0.5, 0.6) is 0 Å². The Hall–Kier alpha value is -1.13. The molecule has 2 rings (SSSR count). The van der Waals surface area contributed by atoms with E-state index in [1.54, 1.807) is 29.5 Å². The van der Waals surface area contributed by atoms with Crippen LogP contribution >= 0.6 is 27.3 Å². The molecule has 0 atom stereocenters. The monoisotopic (exact) mass is 295 g/mol. The maximum atomic E-state index is 11.9. The summed E-state index contributed by atoms with van der Waals surface area (Å²) in [5.41, 5.74) is 6.94. The van der Waals surface area contributed by atoms with E-state index >= 15 is 0 Å². The molecule has 2 aromatic rings. The van der Waals surface area contributed by atoms with E-state index in [1.807, 2.05) is 17.5 Å². The van der Waals surface area contributed by atoms with Gasteiger partial charge in [-0.2, -0.15) is 0 Å². The summed E-state index contributed by atoms with van der Waals surface area (Å²) in [6.07, 6.45) is 0.438. The minimum Gasteiger partial charge on any atom is -0.399 e. The Bertz CT molecular complexity index is 487. The SMILES string of the molecule is Nc1cc(Br)cc(C(=O)Cc2cccs2)c1. The smallest absolute Gasteiger partial charge is 0.168 e. The average molecular weight is 296 g/mol. The van der Waals surface area contributed by atoms with E-state index in [0.717, 1.165) is 9.35 Å². The molecule has 0 fully saturated rings. The maximum Gasteiger partial charge on any atom is 0.168 e. The normalized spacial score (nSPS) is 10.3. The number of thiophene rings is 1. The van der Waals surface area contributed by atoms with Crippen molar-refractivity contribution in [2.75, 3.05) is 5.73 Å². The van der Waals surface area contributed by atoms with E-state index in [4.69, 9.17) is 5.73 Å². The van der Waals surface area contributed by atoms with Crippen molar-refractivity contribution in [1.82, 2.24) is 0 Å². The van der Waals surface area contributed by atoms with Crippen molar-refractivity contribution in [1.29, 1.82) is 0 Å². The van der Waals surface area contributed by atoms with E-state index in [2.05, 4.69) is 15.9 Å². The lowest BCUT2D eigenvalue weighted by molar-refractivity contribution is 0.0994. The minimum absolute atomic E-state index is 0.0930. The second-order valence-corrected chi connectivity index (χ2v) is 5.40. The molecular formula is C12H10BrNOS. The number of rotatable bonds is 3. The van der Waals surface area contributed by atoms with Crippen molar-refractivity contribution in [2.45, 2.75) is 6.42 Å². The highest BCUT2D eigenvalue weighted by atomic mass is 79.9. The number of ketones is 1. The fourth-order valence-corrected chi connectivity index (χ4v) is 2.66. The number of benzene rings is 1. The third-order valence-electron chi connectivity index (χ3n) is 2.16. The largest absolute Gasteiger partial charge is 0.399 e. The highest BCUT2D eigenvalue weighted by Crippen LogP contribution is 2.19. The molecule has 0 aliphatic rings. The van der Waals surface area contributed by atoms with Gasteiger partial charge in [-0.15, -0.1) is 11.3 Å². The third-order valence-corrected chi connectivity index (χ3v) is 3.49. The first kappa shape index (κ1) is 11.4. The maximum absolute atomic E-state index is 11.9. The Labute approximate surface area is 106 Å². The quantitative estimate of drug-likeness (QED) is 0.695. The summed E-state index contributed by atoms with van der Waals surface area (Å²) in [6, 6.07) is 9.20. The van der Waals surface area contributed by atoms with E-state index in [0.29, 0.717) is 17.7 Å². The van der Waals surface area contributed by atoms with Gasteiger partial charge in [0.15, 0.2) is 5.78 Å². The number of hydrogen-bond donors (Lipinski definition) is 1.